The van der Waals surface area contributed by atoms with Crippen LogP contribution < -0.4 is 4.74 Å². The van der Waals surface area contributed by atoms with Crippen molar-refractivity contribution >= 4 is 20.3 Å². The molecule has 1 aromatic rings. The van der Waals surface area contributed by atoms with Gasteiger partial charge in [0.15, 0.2) is 8.32 Å². The van der Waals surface area contributed by atoms with E-state index < -0.39 is 20.3 Å². The molecule has 2 saturated heterocycles. The summed E-state index contributed by atoms with van der Waals surface area (Å²) in [6.45, 7) is 18.7. The molecular weight excluding hydrogens is 528 g/mol. The van der Waals surface area contributed by atoms with Gasteiger partial charge in [0.05, 0.1) is 31.3 Å². The van der Waals surface area contributed by atoms with Gasteiger partial charge in [0.1, 0.15) is 17.3 Å². The summed E-state index contributed by atoms with van der Waals surface area (Å²) in [6.07, 6.45) is 5.30. The largest absolute Gasteiger partial charge is 0.481 e. The summed E-state index contributed by atoms with van der Waals surface area (Å²) >= 11 is 0. The van der Waals surface area contributed by atoms with Crippen LogP contribution in [0.5, 0.6) is 5.95 Å². The van der Waals surface area contributed by atoms with Crippen molar-refractivity contribution in [3.05, 3.63) is 17.4 Å². The van der Waals surface area contributed by atoms with E-state index in [4.69, 9.17) is 28.2 Å². The fourth-order valence-corrected chi connectivity index (χ4v) is 10.7. The van der Waals surface area contributed by atoms with E-state index in [9.17, 15) is 9.59 Å². The van der Waals surface area contributed by atoms with Crippen molar-refractivity contribution in [2.75, 3.05) is 0 Å². The Hall–Kier alpha value is -1.68. The molecule has 4 aliphatic carbocycles. The van der Waals surface area contributed by atoms with Crippen molar-refractivity contribution in [1.29, 1.82) is 0 Å². The van der Waals surface area contributed by atoms with Crippen LogP contribution >= 0.6 is 0 Å². The van der Waals surface area contributed by atoms with E-state index in [2.05, 4.69) is 54.6 Å². The Kier molecular flexibility index (Phi) is 5.31. The number of hydrogen-bond acceptors (Lipinski definition) is 7. The summed E-state index contributed by atoms with van der Waals surface area (Å²) in [5, 5.41) is 9.00. The normalized spacial score (nSPS) is 43.9. The first kappa shape index (κ1) is 27.2. The van der Waals surface area contributed by atoms with Gasteiger partial charge in [-0.15, -0.1) is 0 Å². The molecular formula is C31H44O8Si. The minimum atomic E-state index is -2.12. The van der Waals surface area contributed by atoms with Crippen molar-refractivity contribution in [3.8, 4) is 5.95 Å². The molecule has 2 aliphatic heterocycles. The maximum absolute atomic E-state index is 12.3. The highest BCUT2D eigenvalue weighted by atomic mass is 28.4. The van der Waals surface area contributed by atoms with Crippen LogP contribution in [0.2, 0.25) is 18.1 Å². The highest BCUT2D eigenvalue weighted by Gasteiger charge is 2.98. The maximum atomic E-state index is 12.3. The SMILES string of the molecule is CC(C)[C@]12O[C@H]1[C@@H]1C[C@@]13[C@@]1(C)CCc4c(coc4OC(=O)CCC(=O)O)[C@@H]1C[C@@H]1O[C@@]13C2O[Si](C)(C)C(C)(C)C. The standard InChI is InChI=1S/C31H44O8Si/c1-16(2)30-24(38-30)20-14-29(20)28(6)12-11-17-18(15-35-25(17)36-23(34)10-9-22(32)33)19(28)13-21-31(29,37-21)26(30)39-40(7,8)27(3,4)5/h15-16,19-21,24,26H,9-14H2,1-8H3,(H,32,33)/t19-,20-,21-,24-,26?,28-,29-,30-,31+/m0/s1. The number of esters is 1. The Morgan fingerprint density at radius 2 is 1.93 bits per heavy atom. The first-order chi connectivity index (χ1) is 18.6. The second-order valence-electron chi connectivity index (χ2n) is 15.5. The molecule has 0 radical (unpaired) electrons. The zero-order valence-corrected chi connectivity index (χ0v) is 26.1. The van der Waals surface area contributed by atoms with Crippen LogP contribution in [0.3, 0.4) is 0 Å². The first-order valence-electron chi connectivity index (χ1n) is 15.1. The fraction of sp³-hybridized carbons (Fsp3) is 0.806. The first-order valence-corrected chi connectivity index (χ1v) is 18.0. The molecule has 0 amide bonds. The minimum absolute atomic E-state index is 0.00649. The fourth-order valence-electron chi connectivity index (χ4n) is 9.44. The Morgan fingerprint density at radius 1 is 1.20 bits per heavy atom. The number of hydrogen-bond donors (Lipinski definition) is 1. The predicted molar refractivity (Wildman–Crippen MR) is 148 cm³/mol. The molecule has 40 heavy (non-hydrogen) atoms. The number of furan rings is 1. The van der Waals surface area contributed by atoms with Crippen LogP contribution in [-0.2, 0) is 29.9 Å². The Balaban J connectivity index is 1.24. The monoisotopic (exact) mass is 572 g/mol. The lowest BCUT2D eigenvalue weighted by Crippen LogP contribution is -2.67. The number of rotatable bonds is 7. The van der Waals surface area contributed by atoms with Crippen LogP contribution in [-0.4, -0.2) is 54.9 Å². The molecule has 3 heterocycles. The van der Waals surface area contributed by atoms with E-state index in [1.165, 1.54) is 0 Å². The third-order valence-electron chi connectivity index (χ3n) is 12.6. The lowest BCUT2D eigenvalue weighted by molar-refractivity contribution is -0.142. The summed E-state index contributed by atoms with van der Waals surface area (Å²) in [5.41, 5.74) is 1.47. The molecule has 9 atom stereocenters. The van der Waals surface area contributed by atoms with Crippen molar-refractivity contribution in [2.45, 2.75) is 134 Å². The van der Waals surface area contributed by atoms with Crippen molar-refractivity contribution in [3.63, 3.8) is 0 Å². The summed E-state index contributed by atoms with van der Waals surface area (Å²) in [7, 11) is -2.12. The van der Waals surface area contributed by atoms with Crippen LogP contribution in [0, 0.1) is 22.7 Å². The number of carboxylic acids is 1. The number of carbonyl (C=O) groups excluding carboxylic acids is 1. The minimum Gasteiger partial charge on any atom is -0.481 e. The Labute approximate surface area is 237 Å². The van der Waals surface area contributed by atoms with E-state index >= 15 is 0 Å². The van der Waals surface area contributed by atoms with Gasteiger partial charge >= 0.3 is 11.9 Å². The smallest absolute Gasteiger partial charge is 0.314 e. The second kappa shape index (κ2) is 7.82. The number of carbonyl (C=O) groups is 2. The van der Waals surface area contributed by atoms with Crippen molar-refractivity contribution < 1.29 is 37.7 Å². The lowest BCUT2D eigenvalue weighted by Gasteiger charge is -2.57. The highest BCUT2D eigenvalue weighted by Crippen LogP contribution is 2.90. The van der Waals surface area contributed by atoms with Gasteiger partial charge < -0.3 is 28.2 Å². The van der Waals surface area contributed by atoms with Crippen LogP contribution in [0.25, 0.3) is 0 Å². The van der Waals surface area contributed by atoms with Gasteiger partial charge in [0, 0.05) is 16.5 Å². The number of ether oxygens (including phenoxy) is 3. The molecule has 8 nitrogen and oxygen atoms in total. The number of aliphatic carboxylic acids is 1. The van der Waals surface area contributed by atoms with Crippen LogP contribution in [0.1, 0.15) is 90.7 Å². The van der Waals surface area contributed by atoms with Crippen molar-refractivity contribution in [2.24, 2.45) is 22.7 Å². The molecule has 3 saturated carbocycles. The average Bonchev–Trinajstić information content (AvgIpc) is 3.75. The summed E-state index contributed by atoms with van der Waals surface area (Å²) < 4.78 is 32.6. The molecule has 220 valence electrons. The van der Waals surface area contributed by atoms with E-state index in [0.29, 0.717) is 11.8 Å². The summed E-state index contributed by atoms with van der Waals surface area (Å²) in [4.78, 5) is 23.2. The zero-order chi connectivity index (χ0) is 28.8. The number of carboxylic acid groups (broad SMARTS) is 1. The van der Waals surface area contributed by atoms with Crippen molar-refractivity contribution in [1.82, 2.24) is 0 Å². The molecule has 1 aromatic heterocycles. The molecule has 0 bridgehead atoms. The third kappa shape index (κ3) is 3.08. The van der Waals surface area contributed by atoms with Gasteiger partial charge in [-0.2, -0.15) is 0 Å². The van der Waals surface area contributed by atoms with Gasteiger partial charge in [0.2, 0.25) is 0 Å². The van der Waals surface area contributed by atoms with Gasteiger partial charge in [-0.05, 0) is 67.0 Å². The van der Waals surface area contributed by atoms with Crippen LogP contribution in [0.4, 0.5) is 0 Å². The predicted octanol–water partition coefficient (Wildman–Crippen LogP) is 5.83. The molecule has 6 aliphatic rings. The molecule has 0 aromatic carbocycles. The van der Waals surface area contributed by atoms with Gasteiger partial charge in [-0.25, -0.2) is 0 Å². The Morgan fingerprint density at radius 3 is 2.58 bits per heavy atom. The second-order valence-corrected chi connectivity index (χ2v) is 20.3. The van der Waals surface area contributed by atoms with Gasteiger partial charge in [-0.1, -0.05) is 41.5 Å². The van der Waals surface area contributed by atoms with E-state index in [1.807, 2.05) is 0 Å². The third-order valence-corrected chi connectivity index (χ3v) is 17.1. The number of fused-ring (bicyclic) bond motifs is 5. The topological polar surface area (TPSA) is 111 Å². The average molecular weight is 573 g/mol. The van der Waals surface area contributed by atoms with E-state index in [0.717, 1.165) is 36.8 Å². The Bertz CT molecular complexity index is 1290. The zero-order valence-electron chi connectivity index (χ0n) is 25.1. The quantitative estimate of drug-likeness (QED) is 0.247. The maximum Gasteiger partial charge on any atom is 0.314 e. The molecule has 5 fully saturated rings. The number of epoxide rings is 2. The molecule has 1 N–H and O–H groups in total. The van der Waals surface area contributed by atoms with E-state index in [-0.39, 0.29) is 70.1 Å². The molecule has 7 rings (SSSR count). The van der Waals surface area contributed by atoms with E-state index in [1.54, 1.807) is 6.26 Å². The van der Waals surface area contributed by atoms with Crippen LogP contribution in [0.15, 0.2) is 10.7 Å². The summed E-state index contributed by atoms with van der Waals surface area (Å²) in [6, 6.07) is 0. The molecule has 9 heteroatoms. The summed E-state index contributed by atoms with van der Waals surface area (Å²) in [5.74, 6) is -0.314. The lowest BCUT2D eigenvalue weighted by atomic mass is 9.46. The molecule has 1 unspecified atom stereocenters. The highest BCUT2D eigenvalue weighted by molar-refractivity contribution is 6.74. The van der Waals surface area contributed by atoms with Gasteiger partial charge in [-0.3, -0.25) is 9.59 Å². The molecule has 2 spiro atoms. The van der Waals surface area contributed by atoms with Gasteiger partial charge in [0.25, 0.3) is 5.95 Å².